The van der Waals surface area contributed by atoms with Gasteiger partial charge in [0, 0.05) is 12.8 Å². The summed E-state index contributed by atoms with van der Waals surface area (Å²) in [5.41, 5.74) is 11.0. The van der Waals surface area contributed by atoms with E-state index < -0.39 is 11.8 Å². The van der Waals surface area contributed by atoms with Crippen LogP contribution in [-0.4, -0.2) is 11.8 Å². The summed E-state index contributed by atoms with van der Waals surface area (Å²) in [5, 5.41) is 0. The highest BCUT2D eigenvalue weighted by atomic mass is 16.2. The van der Waals surface area contributed by atoms with Gasteiger partial charge >= 0.3 is 0 Å². The van der Waals surface area contributed by atoms with Gasteiger partial charge in [-0.1, -0.05) is 0 Å². The molecule has 0 rings (SSSR count). The Morgan fingerprint density at radius 2 is 1.88 bits per heavy atom. The van der Waals surface area contributed by atoms with Crippen LogP contribution in [0.3, 0.4) is 0 Å². The molecule has 0 aliphatic rings. The second-order valence-corrected chi connectivity index (χ2v) is 1.39. The third-order valence-electron chi connectivity index (χ3n) is 0.598. The molecule has 1 radical (unpaired) electrons. The van der Waals surface area contributed by atoms with E-state index in [1.807, 2.05) is 0 Å². The molecule has 45 valence electrons. The van der Waals surface area contributed by atoms with Crippen molar-refractivity contribution in [2.24, 2.45) is 5.73 Å². The van der Waals surface area contributed by atoms with Gasteiger partial charge in [-0.3, -0.25) is 15.3 Å². The topological polar surface area (TPSA) is 84.0 Å². The first kappa shape index (κ1) is 6.94. The van der Waals surface area contributed by atoms with Gasteiger partial charge in [-0.15, -0.1) is 0 Å². The van der Waals surface area contributed by atoms with Crippen molar-refractivity contribution in [3.05, 3.63) is 0 Å². The molecule has 0 aromatic carbocycles. The number of carbonyl (C=O) groups excluding carboxylic acids is 2. The molecule has 0 unspecified atom stereocenters. The molecular weight excluding hydrogens is 108 g/mol. The van der Waals surface area contributed by atoms with Gasteiger partial charge in [0.1, 0.15) is 0 Å². The average Bonchev–Trinajstić information content (AvgIpc) is 1.61. The third-order valence-corrected chi connectivity index (χ3v) is 0.598. The number of primary amides is 1. The Bertz CT molecular complexity index is 96.6. The van der Waals surface area contributed by atoms with Crippen molar-refractivity contribution in [1.29, 1.82) is 0 Å². The standard InChI is InChI=1S/C4H7N2O2/c5-3(7)1-2-4(6)8/h5H,1-2H2,(H2,6,8). The molecule has 0 aromatic heterocycles. The van der Waals surface area contributed by atoms with E-state index in [0.717, 1.165) is 0 Å². The van der Waals surface area contributed by atoms with Crippen LogP contribution in [0.25, 0.3) is 0 Å². The van der Waals surface area contributed by atoms with Crippen LogP contribution in [-0.2, 0) is 9.59 Å². The smallest absolute Gasteiger partial charge is 0.238 e. The number of amides is 2. The predicted molar refractivity (Wildman–Crippen MR) is 26.5 cm³/mol. The van der Waals surface area contributed by atoms with E-state index in [1.165, 1.54) is 0 Å². The molecule has 0 saturated carbocycles. The van der Waals surface area contributed by atoms with Crippen molar-refractivity contribution >= 4 is 11.8 Å². The first-order valence-electron chi connectivity index (χ1n) is 2.15. The van der Waals surface area contributed by atoms with Crippen LogP contribution in [0, 0.1) is 0 Å². The van der Waals surface area contributed by atoms with E-state index in [9.17, 15) is 9.59 Å². The maximum Gasteiger partial charge on any atom is 0.238 e. The van der Waals surface area contributed by atoms with Gasteiger partial charge in [0.15, 0.2) is 0 Å². The zero-order valence-electron chi connectivity index (χ0n) is 4.31. The molecule has 0 spiro atoms. The van der Waals surface area contributed by atoms with Gasteiger partial charge in [0.05, 0.1) is 0 Å². The van der Waals surface area contributed by atoms with Gasteiger partial charge in [-0.25, -0.2) is 0 Å². The van der Waals surface area contributed by atoms with E-state index in [-0.39, 0.29) is 12.8 Å². The molecule has 0 heterocycles. The highest BCUT2D eigenvalue weighted by Crippen LogP contribution is 1.83. The molecule has 3 N–H and O–H groups in total. The molecule has 0 saturated heterocycles. The largest absolute Gasteiger partial charge is 0.370 e. The van der Waals surface area contributed by atoms with E-state index in [1.54, 1.807) is 0 Å². The molecule has 0 fully saturated rings. The van der Waals surface area contributed by atoms with E-state index >= 15 is 0 Å². The fraction of sp³-hybridized carbons (Fsp3) is 0.500. The van der Waals surface area contributed by atoms with E-state index in [0.29, 0.717) is 0 Å². The van der Waals surface area contributed by atoms with E-state index in [4.69, 9.17) is 5.73 Å². The Hall–Kier alpha value is -1.06. The lowest BCUT2D eigenvalue weighted by Gasteiger charge is -1.86. The molecular formula is C4H7N2O2. The van der Waals surface area contributed by atoms with Crippen LogP contribution in [0.15, 0.2) is 0 Å². The minimum atomic E-state index is -0.746. The second kappa shape index (κ2) is 3.01. The summed E-state index contributed by atoms with van der Waals surface area (Å²) >= 11 is 0. The molecule has 2 amide bonds. The van der Waals surface area contributed by atoms with Crippen molar-refractivity contribution in [1.82, 2.24) is 5.73 Å². The summed E-state index contributed by atoms with van der Waals surface area (Å²) in [6, 6.07) is 0. The fourth-order valence-electron chi connectivity index (χ4n) is 0.237. The number of nitrogens with one attached hydrogen (secondary N) is 1. The summed E-state index contributed by atoms with van der Waals surface area (Å²) in [6.07, 6.45) is -0.0718. The molecule has 8 heavy (non-hydrogen) atoms. The minimum Gasteiger partial charge on any atom is -0.370 e. The first-order valence-corrected chi connectivity index (χ1v) is 2.15. The summed E-state index contributed by atoms with van der Waals surface area (Å²) in [5.74, 6) is -1.28. The van der Waals surface area contributed by atoms with Crippen molar-refractivity contribution in [2.75, 3.05) is 0 Å². The SMILES string of the molecule is [NH]C(=O)CCC(N)=O. The predicted octanol–water partition coefficient (Wildman–Crippen LogP) is -0.939. The molecule has 0 atom stereocenters. The number of rotatable bonds is 3. The van der Waals surface area contributed by atoms with Gasteiger partial charge < -0.3 is 5.73 Å². The Morgan fingerprint density at radius 3 is 2.00 bits per heavy atom. The Labute approximate surface area is 46.8 Å². The Kier molecular flexibility index (Phi) is 2.61. The lowest BCUT2D eigenvalue weighted by Crippen LogP contribution is -2.12. The van der Waals surface area contributed by atoms with Crippen molar-refractivity contribution < 1.29 is 9.59 Å². The first-order chi connectivity index (χ1) is 3.63. The minimum absolute atomic E-state index is 0.0116. The maximum absolute atomic E-state index is 9.89. The van der Waals surface area contributed by atoms with Crippen LogP contribution in [0.2, 0.25) is 0 Å². The molecule has 4 heteroatoms. The van der Waals surface area contributed by atoms with Crippen molar-refractivity contribution in [3.8, 4) is 0 Å². The van der Waals surface area contributed by atoms with Gasteiger partial charge in [0.25, 0.3) is 0 Å². The molecule has 0 aliphatic carbocycles. The van der Waals surface area contributed by atoms with Crippen LogP contribution >= 0.6 is 0 Å². The number of nitrogens with two attached hydrogens (primary N) is 1. The van der Waals surface area contributed by atoms with E-state index in [2.05, 4.69) is 5.73 Å². The zero-order chi connectivity index (χ0) is 6.57. The van der Waals surface area contributed by atoms with Crippen LogP contribution in [0.4, 0.5) is 0 Å². The lowest BCUT2D eigenvalue weighted by atomic mass is 10.3. The molecule has 0 bridgehead atoms. The lowest BCUT2D eigenvalue weighted by molar-refractivity contribution is -0.123. The Morgan fingerprint density at radius 1 is 1.38 bits per heavy atom. The highest BCUT2D eigenvalue weighted by molar-refractivity contribution is 5.81. The Balaban J connectivity index is 3.18. The van der Waals surface area contributed by atoms with Gasteiger partial charge in [-0.2, -0.15) is 0 Å². The summed E-state index contributed by atoms with van der Waals surface area (Å²) in [4.78, 5) is 19.7. The number of carbonyl (C=O) groups is 2. The van der Waals surface area contributed by atoms with Gasteiger partial charge in [0.2, 0.25) is 11.8 Å². The summed E-state index contributed by atoms with van der Waals surface area (Å²) in [6.45, 7) is 0. The van der Waals surface area contributed by atoms with Crippen molar-refractivity contribution in [3.63, 3.8) is 0 Å². The number of hydrogen-bond donors (Lipinski definition) is 1. The molecule has 0 aliphatic heterocycles. The van der Waals surface area contributed by atoms with Gasteiger partial charge in [-0.05, 0) is 0 Å². The van der Waals surface area contributed by atoms with Crippen LogP contribution < -0.4 is 11.5 Å². The molecule has 4 nitrogen and oxygen atoms in total. The highest BCUT2D eigenvalue weighted by Gasteiger charge is 1.97. The second-order valence-electron chi connectivity index (χ2n) is 1.39. The van der Waals surface area contributed by atoms with Crippen LogP contribution in [0.5, 0.6) is 0 Å². The average molecular weight is 115 g/mol. The quantitative estimate of drug-likeness (QED) is 0.514. The fourth-order valence-corrected chi connectivity index (χ4v) is 0.237. The van der Waals surface area contributed by atoms with Crippen LogP contribution in [0.1, 0.15) is 12.8 Å². The third kappa shape index (κ3) is 4.94. The molecule has 0 aromatic rings. The number of hydrogen-bond acceptors (Lipinski definition) is 2. The normalized spacial score (nSPS) is 8.50. The maximum atomic E-state index is 9.89. The zero-order valence-corrected chi connectivity index (χ0v) is 4.31. The monoisotopic (exact) mass is 115 g/mol. The summed E-state index contributed by atoms with van der Waals surface area (Å²) in [7, 11) is 0. The summed E-state index contributed by atoms with van der Waals surface area (Å²) < 4.78 is 0. The van der Waals surface area contributed by atoms with Crippen molar-refractivity contribution in [2.45, 2.75) is 12.8 Å².